The number of nitrogens with one attached hydrogen (secondary N) is 2. The fraction of sp³-hybridized carbons (Fsp3) is 0.227. The standard InChI is InChI=1S/C22H21N3O4/c1-3-29-22-19-17(11-16(25-22)5-4-10-26)20(27)18(13-23-19)21(28)24-12-15-8-6-14(2)7-9-15/h6-9,11,13,26H,3,10,12H2,1-2H3,(H,23,27)(H,24,28). The van der Waals surface area contributed by atoms with Crippen LogP contribution in [0.4, 0.5) is 0 Å². The lowest BCUT2D eigenvalue weighted by Crippen LogP contribution is -2.28. The molecule has 148 valence electrons. The number of carbonyl (C=O) groups is 1. The van der Waals surface area contributed by atoms with E-state index in [1.165, 1.54) is 12.3 Å². The number of aliphatic hydroxyl groups excluding tert-OH is 1. The van der Waals surface area contributed by atoms with Crippen LogP contribution in [0, 0.1) is 18.8 Å². The number of ether oxygens (including phenoxy) is 1. The molecule has 2 aromatic heterocycles. The second kappa shape index (κ2) is 9.04. The molecule has 0 bridgehead atoms. The zero-order chi connectivity index (χ0) is 20.8. The summed E-state index contributed by atoms with van der Waals surface area (Å²) in [5.74, 6) is 4.90. The molecule has 1 aromatic carbocycles. The van der Waals surface area contributed by atoms with Crippen LogP contribution in [0.15, 0.2) is 41.3 Å². The zero-order valence-corrected chi connectivity index (χ0v) is 16.2. The van der Waals surface area contributed by atoms with Gasteiger partial charge in [-0.3, -0.25) is 9.59 Å². The Hall–Kier alpha value is -3.63. The van der Waals surface area contributed by atoms with Gasteiger partial charge in [0.1, 0.15) is 23.4 Å². The number of carbonyl (C=O) groups excluding carboxylic acids is 1. The number of hydrogen-bond donors (Lipinski definition) is 3. The molecular formula is C22H21N3O4. The topological polar surface area (TPSA) is 104 Å². The predicted molar refractivity (Wildman–Crippen MR) is 110 cm³/mol. The summed E-state index contributed by atoms with van der Waals surface area (Å²) < 4.78 is 5.50. The van der Waals surface area contributed by atoms with Crippen LogP contribution in [0.2, 0.25) is 0 Å². The van der Waals surface area contributed by atoms with Crippen LogP contribution in [0.3, 0.4) is 0 Å². The Morgan fingerprint density at radius 2 is 2.07 bits per heavy atom. The number of aryl methyl sites for hydroxylation is 1. The average molecular weight is 391 g/mol. The molecule has 0 aliphatic heterocycles. The minimum absolute atomic E-state index is 0.0145. The summed E-state index contributed by atoms with van der Waals surface area (Å²) >= 11 is 0. The van der Waals surface area contributed by atoms with Crippen molar-refractivity contribution < 1.29 is 14.6 Å². The molecule has 0 aliphatic rings. The minimum Gasteiger partial charge on any atom is -0.476 e. The van der Waals surface area contributed by atoms with E-state index in [-0.39, 0.29) is 29.1 Å². The smallest absolute Gasteiger partial charge is 0.257 e. The molecule has 29 heavy (non-hydrogen) atoms. The number of aromatic nitrogens is 2. The second-order valence-electron chi connectivity index (χ2n) is 6.33. The highest BCUT2D eigenvalue weighted by atomic mass is 16.5. The van der Waals surface area contributed by atoms with Crippen LogP contribution in [0.5, 0.6) is 5.88 Å². The second-order valence-corrected chi connectivity index (χ2v) is 6.33. The summed E-state index contributed by atoms with van der Waals surface area (Å²) in [5.41, 5.74) is 2.27. The van der Waals surface area contributed by atoms with Gasteiger partial charge in [0.2, 0.25) is 11.3 Å². The summed E-state index contributed by atoms with van der Waals surface area (Å²) in [5, 5.41) is 11.9. The van der Waals surface area contributed by atoms with Gasteiger partial charge >= 0.3 is 0 Å². The monoisotopic (exact) mass is 391 g/mol. The van der Waals surface area contributed by atoms with E-state index in [4.69, 9.17) is 9.84 Å². The van der Waals surface area contributed by atoms with Crippen molar-refractivity contribution in [1.82, 2.24) is 15.3 Å². The number of hydrogen-bond acceptors (Lipinski definition) is 5. The first kappa shape index (κ1) is 20.1. The molecule has 0 atom stereocenters. The summed E-state index contributed by atoms with van der Waals surface area (Å²) in [6.45, 7) is 4.11. The average Bonchev–Trinajstić information content (AvgIpc) is 2.72. The maximum Gasteiger partial charge on any atom is 0.257 e. The van der Waals surface area contributed by atoms with Gasteiger partial charge in [-0.05, 0) is 31.4 Å². The third kappa shape index (κ3) is 4.62. The third-order valence-corrected chi connectivity index (χ3v) is 4.23. The van der Waals surface area contributed by atoms with Crippen molar-refractivity contribution in [1.29, 1.82) is 0 Å². The van der Waals surface area contributed by atoms with Crippen molar-refractivity contribution in [3.8, 4) is 17.7 Å². The summed E-state index contributed by atoms with van der Waals surface area (Å²) in [7, 11) is 0. The number of amides is 1. The summed E-state index contributed by atoms with van der Waals surface area (Å²) in [6, 6.07) is 9.25. The first-order valence-electron chi connectivity index (χ1n) is 9.16. The minimum atomic E-state index is -0.480. The number of aliphatic hydroxyl groups is 1. The van der Waals surface area contributed by atoms with E-state index < -0.39 is 11.3 Å². The lowest BCUT2D eigenvalue weighted by Gasteiger charge is -2.09. The highest BCUT2D eigenvalue weighted by molar-refractivity contribution is 5.97. The van der Waals surface area contributed by atoms with Gasteiger partial charge in [0.25, 0.3) is 5.91 Å². The van der Waals surface area contributed by atoms with E-state index in [1.807, 2.05) is 31.2 Å². The molecule has 0 radical (unpaired) electrons. The van der Waals surface area contributed by atoms with Gasteiger partial charge in [0, 0.05) is 12.7 Å². The quantitative estimate of drug-likeness (QED) is 0.577. The Kier molecular flexibility index (Phi) is 6.27. The Morgan fingerprint density at radius 3 is 2.76 bits per heavy atom. The Labute approximate surface area is 167 Å². The van der Waals surface area contributed by atoms with Crippen molar-refractivity contribution >= 4 is 16.8 Å². The maximum absolute atomic E-state index is 12.9. The fourth-order valence-electron chi connectivity index (χ4n) is 2.78. The van der Waals surface area contributed by atoms with Gasteiger partial charge in [-0.15, -0.1) is 0 Å². The number of pyridine rings is 2. The highest BCUT2D eigenvalue weighted by Gasteiger charge is 2.16. The predicted octanol–water partition coefficient (Wildman–Crippen LogP) is 1.90. The Morgan fingerprint density at radius 1 is 1.31 bits per heavy atom. The largest absolute Gasteiger partial charge is 0.476 e. The van der Waals surface area contributed by atoms with Gasteiger partial charge in [-0.2, -0.15) is 0 Å². The van der Waals surface area contributed by atoms with Crippen LogP contribution >= 0.6 is 0 Å². The SMILES string of the molecule is CCOc1nc(C#CCO)cc2c(=O)c(C(=O)NCc3ccc(C)cc3)c[nH]c12. The van der Waals surface area contributed by atoms with E-state index in [0.717, 1.165) is 11.1 Å². The van der Waals surface area contributed by atoms with Crippen molar-refractivity contribution in [2.75, 3.05) is 13.2 Å². The molecule has 3 aromatic rings. The number of fused-ring (bicyclic) bond motifs is 1. The van der Waals surface area contributed by atoms with Gasteiger partial charge in [-0.25, -0.2) is 4.98 Å². The van der Waals surface area contributed by atoms with Crippen molar-refractivity contribution in [3.63, 3.8) is 0 Å². The van der Waals surface area contributed by atoms with E-state index in [1.54, 1.807) is 6.92 Å². The van der Waals surface area contributed by atoms with Crippen LogP contribution in [-0.4, -0.2) is 34.2 Å². The molecule has 3 rings (SSSR count). The van der Waals surface area contributed by atoms with Crippen molar-refractivity contribution in [2.45, 2.75) is 20.4 Å². The molecule has 1 amide bonds. The Balaban J connectivity index is 1.96. The molecule has 0 spiro atoms. The molecular weight excluding hydrogens is 370 g/mol. The zero-order valence-electron chi connectivity index (χ0n) is 16.2. The third-order valence-electron chi connectivity index (χ3n) is 4.23. The van der Waals surface area contributed by atoms with E-state index in [9.17, 15) is 9.59 Å². The number of benzene rings is 1. The number of nitrogens with zero attached hydrogens (tertiary/aromatic N) is 1. The first-order valence-corrected chi connectivity index (χ1v) is 9.16. The molecule has 7 nitrogen and oxygen atoms in total. The summed E-state index contributed by atoms with van der Waals surface area (Å²) in [4.78, 5) is 32.7. The molecule has 0 aliphatic carbocycles. The van der Waals surface area contributed by atoms with E-state index >= 15 is 0 Å². The van der Waals surface area contributed by atoms with Crippen LogP contribution in [0.1, 0.15) is 34.1 Å². The van der Waals surface area contributed by atoms with Gasteiger partial charge < -0.3 is 20.1 Å². The molecule has 3 N–H and O–H groups in total. The Bertz CT molecular complexity index is 1150. The summed E-state index contributed by atoms with van der Waals surface area (Å²) in [6.07, 6.45) is 1.36. The van der Waals surface area contributed by atoms with Gasteiger partial charge in [0.15, 0.2) is 0 Å². The van der Waals surface area contributed by atoms with E-state index in [0.29, 0.717) is 18.7 Å². The maximum atomic E-state index is 12.9. The van der Waals surface area contributed by atoms with Crippen LogP contribution in [0.25, 0.3) is 10.9 Å². The molecule has 0 unspecified atom stereocenters. The lowest BCUT2D eigenvalue weighted by atomic mass is 10.1. The van der Waals surface area contributed by atoms with Crippen LogP contribution < -0.4 is 15.5 Å². The van der Waals surface area contributed by atoms with Gasteiger partial charge in [-0.1, -0.05) is 35.7 Å². The molecule has 7 heteroatoms. The number of H-pyrrole nitrogens is 1. The van der Waals surface area contributed by atoms with Gasteiger partial charge in [0.05, 0.1) is 12.0 Å². The number of aromatic amines is 1. The fourth-order valence-corrected chi connectivity index (χ4v) is 2.78. The molecule has 0 saturated heterocycles. The van der Waals surface area contributed by atoms with E-state index in [2.05, 4.69) is 27.1 Å². The molecule has 2 heterocycles. The molecule has 0 saturated carbocycles. The van der Waals surface area contributed by atoms with Crippen molar-refractivity contribution in [3.05, 3.63) is 69.1 Å². The highest BCUT2D eigenvalue weighted by Crippen LogP contribution is 2.20. The molecule has 0 fully saturated rings. The normalized spacial score (nSPS) is 10.3. The first-order chi connectivity index (χ1) is 14.0. The lowest BCUT2D eigenvalue weighted by molar-refractivity contribution is 0.0949. The van der Waals surface area contributed by atoms with Crippen molar-refractivity contribution in [2.24, 2.45) is 0 Å². The van der Waals surface area contributed by atoms with Crippen LogP contribution in [-0.2, 0) is 6.54 Å². The number of rotatable bonds is 5.